The third-order valence-corrected chi connectivity index (χ3v) is 6.85. The van der Waals surface area contributed by atoms with E-state index in [2.05, 4.69) is 16.1 Å². The highest BCUT2D eigenvalue weighted by Crippen LogP contribution is 2.41. The number of carbonyl (C=O) groups is 5. The van der Waals surface area contributed by atoms with Crippen LogP contribution in [0.25, 0.3) is 0 Å². The van der Waals surface area contributed by atoms with Crippen LogP contribution < -0.4 is 16.1 Å². The quantitative estimate of drug-likeness (QED) is 0.578. The first-order chi connectivity index (χ1) is 16.3. The number of hydrazine groups is 1. The Labute approximate surface area is 195 Å². The van der Waals surface area contributed by atoms with Crippen LogP contribution in [0.2, 0.25) is 0 Å². The lowest BCUT2D eigenvalue weighted by Gasteiger charge is -2.25. The van der Waals surface area contributed by atoms with Crippen molar-refractivity contribution in [3.8, 4) is 0 Å². The van der Waals surface area contributed by atoms with Gasteiger partial charge in [0, 0.05) is 0 Å². The zero-order valence-electron chi connectivity index (χ0n) is 18.5. The van der Waals surface area contributed by atoms with Gasteiger partial charge in [0.15, 0.2) is 0 Å². The number of amides is 7. The topological polar surface area (TPSA) is 128 Å². The van der Waals surface area contributed by atoms with Crippen molar-refractivity contribution in [3.63, 3.8) is 0 Å². The van der Waals surface area contributed by atoms with E-state index in [0.29, 0.717) is 23.4 Å². The highest BCUT2D eigenvalue weighted by molar-refractivity contribution is 6.11. The van der Waals surface area contributed by atoms with E-state index in [4.69, 9.17) is 0 Å². The van der Waals surface area contributed by atoms with E-state index in [1.165, 1.54) is 0 Å². The maximum Gasteiger partial charge on any atom is 0.344 e. The number of hydrogen-bond acceptors (Lipinski definition) is 5. The molecule has 10 heteroatoms. The van der Waals surface area contributed by atoms with Gasteiger partial charge in [0.1, 0.15) is 17.6 Å². The van der Waals surface area contributed by atoms with E-state index < -0.39 is 47.4 Å². The van der Waals surface area contributed by atoms with E-state index in [9.17, 15) is 24.0 Å². The molecule has 2 atom stereocenters. The number of nitrogens with one attached hydrogen (secondary N) is 3. The largest absolute Gasteiger partial charge is 0.344 e. The lowest BCUT2D eigenvalue weighted by atomic mass is 9.87. The first-order valence-electron chi connectivity index (χ1n) is 11.1. The molecule has 2 aromatic rings. The van der Waals surface area contributed by atoms with Crippen LogP contribution >= 0.6 is 0 Å². The second kappa shape index (κ2) is 7.68. The Hall–Kier alpha value is -4.21. The summed E-state index contributed by atoms with van der Waals surface area (Å²) in [6.45, 7) is 1.12. The molecule has 0 aromatic heterocycles. The predicted molar refractivity (Wildman–Crippen MR) is 119 cm³/mol. The van der Waals surface area contributed by atoms with Gasteiger partial charge < -0.3 is 10.6 Å². The van der Waals surface area contributed by atoms with Gasteiger partial charge in [-0.15, -0.1) is 0 Å². The SMILES string of the molecule is CC[C@]1(c2ccccc2)NC(=O)N(NC(=O)CN2C(=O)N[C@@]3(CCc4ccccc43)C2=O)C1=O. The number of rotatable bonds is 5. The Kier molecular flexibility index (Phi) is 4.89. The summed E-state index contributed by atoms with van der Waals surface area (Å²) in [5, 5.41) is 6.02. The van der Waals surface area contributed by atoms with Crippen molar-refractivity contribution in [3.05, 3.63) is 71.3 Å². The van der Waals surface area contributed by atoms with Gasteiger partial charge in [-0.05, 0) is 36.0 Å². The van der Waals surface area contributed by atoms with Gasteiger partial charge in [0.2, 0.25) is 0 Å². The van der Waals surface area contributed by atoms with Crippen molar-refractivity contribution in [1.29, 1.82) is 0 Å². The Balaban J connectivity index is 1.32. The molecule has 174 valence electrons. The van der Waals surface area contributed by atoms with Crippen molar-refractivity contribution < 1.29 is 24.0 Å². The molecule has 3 aliphatic rings. The van der Waals surface area contributed by atoms with E-state index >= 15 is 0 Å². The van der Waals surface area contributed by atoms with Crippen LogP contribution in [0.5, 0.6) is 0 Å². The maximum atomic E-state index is 13.2. The summed E-state index contributed by atoms with van der Waals surface area (Å²) < 4.78 is 0. The van der Waals surface area contributed by atoms with Gasteiger partial charge >= 0.3 is 12.1 Å². The van der Waals surface area contributed by atoms with Gasteiger partial charge in [-0.1, -0.05) is 61.5 Å². The fourth-order valence-corrected chi connectivity index (χ4v) is 5.08. The normalized spacial score (nSPS) is 25.6. The Morgan fingerprint density at radius 3 is 2.38 bits per heavy atom. The van der Waals surface area contributed by atoms with Crippen molar-refractivity contribution in [2.75, 3.05) is 6.54 Å². The molecule has 10 nitrogen and oxygen atoms in total. The molecular formula is C24H23N5O5. The van der Waals surface area contributed by atoms with Crippen molar-refractivity contribution in [1.82, 2.24) is 26.0 Å². The van der Waals surface area contributed by atoms with Crippen LogP contribution in [0, 0.1) is 0 Å². The summed E-state index contributed by atoms with van der Waals surface area (Å²) in [4.78, 5) is 65.2. The summed E-state index contributed by atoms with van der Waals surface area (Å²) in [6, 6.07) is 14.6. The van der Waals surface area contributed by atoms with Gasteiger partial charge in [-0.3, -0.25) is 24.7 Å². The molecular weight excluding hydrogens is 438 g/mol. The van der Waals surface area contributed by atoms with Crippen molar-refractivity contribution in [2.24, 2.45) is 0 Å². The second-order valence-electron chi connectivity index (χ2n) is 8.61. The molecule has 3 N–H and O–H groups in total. The summed E-state index contributed by atoms with van der Waals surface area (Å²) in [5.41, 5.74) is 2.03. The second-order valence-corrected chi connectivity index (χ2v) is 8.61. The molecule has 2 fully saturated rings. The first kappa shape index (κ1) is 21.6. The Bertz CT molecular complexity index is 1190. The van der Waals surface area contributed by atoms with E-state index in [0.717, 1.165) is 16.0 Å². The molecule has 2 saturated heterocycles. The molecule has 1 spiro atoms. The molecule has 2 heterocycles. The first-order valence-corrected chi connectivity index (χ1v) is 11.1. The maximum absolute atomic E-state index is 13.2. The van der Waals surface area contributed by atoms with Gasteiger partial charge in [-0.2, -0.15) is 5.01 Å². The smallest absolute Gasteiger partial charge is 0.319 e. The van der Waals surface area contributed by atoms with Gasteiger partial charge in [-0.25, -0.2) is 9.59 Å². The molecule has 7 amide bonds. The van der Waals surface area contributed by atoms with Crippen LogP contribution in [-0.2, 0) is 31.9 Å². The van der Waals surface area contributed by atoms with Gasteiger partial charge in [0.25, 0.3) is 17.7 Å². The Morgan fingerprint density at radius 2 is 1.65 bits per heavy atom. The fourth-order valence-electron chi connectivity index (χ4n) is 5.08. The lowest BCUT2D eigenvalue weighted by molar-refractivity contribution is -0.141. The number of nitrogens with zero attached hydrogens (tertiary/aromatic N) is 2. The molecule has 0 saturated carbocycles. The van der Waals surface area contributed by atoms with Crippen LogP contribution in [0.4, 0.5) is 9.59 Å². The van der Waals surface area contributed by atoms with Gasteiger partial charge in [0.05, 0.1) is 0 Å². The number of carbonyl (C=O) groups excluding carboxylic acids is 5. The summed E-state index contributed by atoms with van der Waals surface area (Å²) in [6.07, 6.45) is 1.30. The zero-order chi connectivity index (χ0) is 24.1. The summed E-state index contributed by atoms with van der Waals surface area (Å²) >= 11 is 0. The van der Waals surface area contributed by atoms with Crippen molar-refractivity contribution >= 4 is 29.8 Å². The van der Waals surface area contributed by atoms with E-state index in [-0.39, 0.29) is 6.42 Å². The summed E-state index contributed by atoms with van der Waals surface area (Å²) in [7, 11) is 0. The number of hydrogen-bond donors (Lipinski definition) is 3. The van der Waals surface area contributed by atoms with E-state index in [1.807, 2.05) is 12.1 Å². The number of urea groups is 2. The average molecular weight is 461 g/mol. The molecule has 0 radical (unpaired) electrons. The highest BCUT2D eigenvalue weighted by atomic mass is 16.2. The third-order valence-electron chi connectivity index (χ3n) is 6.85. The Morgan fingerprint density at radius 1 is 0.941 bits per heavy atom. The molecule has 2 aliphatic heterocycles. The fraction of sp³-hybridized carbons (Fsp3) is 0.292. The van der Waals surface area contributed by atoms with Crippen LogP contribution in [0.1, 0.15) is 36.5 Å². The van der Waals surface area contributed by atoms with Crippen molar-refractivity contribution in [2.45, 2.75) is 37.3 Å². The van der Waals surface area contributed by atoms with Crippen LogP contribution in [0.3, 0.4) is 0 Å². The minimum atomic E-state index is -1.32. The minimum absolute atomic E-state index is 0.267. The molecule has 5 rings (SSSR count). The average Bonchev–Trinajstić information content (AvgIpc) is 3.42. The minimum Gasteiger partial charge on any atom is -0.319 e. The monoisotopic (exact) mass is 461 g/mol. The molecule has 0 unspecified atom stereocenters. The predicted octanol–water partition coefficient (Wildman–Crippen LogP) is 1.27. The molecule has 34 heavy (non-hydrogen) atoms. The number of imide groups is 2. The van der Waals surface area contributed by atoms with Crippen LogP contribution in [0.15, 0.2) is 54.6 Å². The van der Waals surface area contributed by atoms with Crippen LogP contribution in [-0.4, -0.2) is 46.2 Å². The number of fused-ring (bicyclic) bond motifs is 2. The molecule has 1 aliphatic carbocycles. The lowest BCUT2D eigenvalue weighted by Crippen LogP contribution is -2.52. The number of benzene rings is 2. The highest BCUT2D eigenvalue weighted by Gasteiger charge is 2.56. The zero-order valence-corrected chi connectivity index (χ0v) is 18.5. The molecule has 2 aromatic carbocycles. The molecule has 0 bridgehead atoms. The van der Waals surface area contributed by atoms with E-state index in [1.54, 1.807) is 49.4 Å². The standard InChI is InChI=1S/C24H23N5O5/c1-2-23(16-9-4-3-5-10-16)20(32)29(22(34)26-23)27-18(30)14-28-19(31)24(25-21(28)33)13-12-15-8-6-7-11-17(15)24/h3-11H,2,12-14H2,1H3,(H,25,33)(H,26,34)(H,27,30)/t23-,24-/m1/s1. The summed E-state index contributed by atoms with van der Waals surface area (Å²) in [5.74, 6) is -2.00. The number of aryl methyl sites for hydroxylation is 1. The third kappa shape index (κ3) is 2.98.